The molecule has 0 saturated carbocycles. The number of aliphatic hydroxyl groups is 1. The number of nitrogens with zero attached hydrogens (tertiary/aromatic N) is 2. The zero-order valence-corrected chi connectivity index (χ0v) is 16.9. The van der Waals surface area contributed by atoms with Crippen LogP contribution in [-0.2, 0) is 9.59 Å². The highest BCUT2D eigenvalue weighted by Crippen LogP contribution is 2.42. The number of halogens is 1. The van der Waals surface area contributed by atoms with E-state index in [0.717, 1.165) is 0 Å². The van der Waals surface area contributed by atoms with Crippen LogP contribution in [0.25, 0.3) is 5.76 Å². The normalized spacial score (nSPS) is 18.1. The fourth-order valence-corrected chi connectivity index (χ4v) is 3.53. The van der Waals surface area contributed by atoms with Gasteiger partial charge in [-0.25, -0.2) is 0 Å². The standard InChI is InChI=1S/C22H17ClN2O5/c1-12-11-17(24-30-12)25-19(13-3-7-15(23)8-4-13)18(21(27)22(25)28)20(26)14-5-9-16(29-2)10-6-14/h3-11,19,26H,1-2H3/b20-18+/t19-/m1/s1. The Morgan fingerprint density at radius 1 is 1.13 bits per heavy atom. The molecule has 0 aliphatic carbocycles. The lowest BCUT2D eigenvalue weighted by molar-refractivity contribution is -0.132. The number of anilines is 1. The van der Waals surface area contributed by atoms with Crippen LogP contribution in [0.4, 0.5) is 5.82 Å². The summed E-state index contributed by atoms with van der Waals surface area (Å²) < 4.78 is 10.2. The first kappa shape index (κ1) is 19.7. The highest BCUT2D eigenvalue weighted by atomic mass is 35.5. The average Bonchev–Trinajstić information content (AvgIpc) is 3.29. The fourth-order valence-electron chi connectivity index (χ4n) is 3.40. The van der Waals surface area contributed by atoms with Gasteiger partial charge in [-0.2, -0.15) is 0 Å². The molecule has 1 N–H and O–H groups in total. The Bertz CT molecular complexity index is 1150. The van der Waals surface area contributed by atoms with Crippen molar-refractivity contribution in [3.63, 3.8) is 0 Å². The molecule has 1 aliphatic heterocycles. The Morgan fingerprint density at radius 2 is 1.80 bits per heavy atom. The summed E-state index contributed by atoms with van der Waals surface area (Å²) in [6, 6.07) is 13.9. The molecule has 4 rings (SSSR count). The Kier molecular flexibility index (Phi) is 5.05. The predicted octanol–water partition coefficient (Wildman–Crippen LogP) is 4.27. The van der Waals surface area contributed by atoms with Crippen LogP contribution in [0.15, 0.2) is 64.7 Å². The van der Waals surface area contributed by atoms with E-state index in [-0.39, 0.29) is 17.2 Å². The average molecular weight is 425 g/mol. The van der Waals surface area contributed by atoms with Crippen LogP contribution in [0.1, 0.15) is 22.9 Å². The third-order valence-electron chi connectivity index (χ3n) is 4.86. The second kappa shape index (κ2) is 7.68. The van der Waals surface area contributed by atoms with Gasteiger partial charge < -0.3 is 14.4 Å². The van der Waals surface area contributed by atoms with E-state index in [4.69, 9.17) is 20.9 Å². The van der Waals surface area contributed by atoms with Crippen molar-refractivity contribution >= 4 is 34.9 Å². The molecule has 1 fully saturated rings. The molecule has 2 heterocycles. The third-order valence-corrected chi connectivity index (χ3v) is 5.11. The number of Topliss-reactive ketones (excluding diaryl/α,β-unsaturated/α-hetero) is 1. The van der Waals surface area contributed by atoms with E-state index in [2.05, 4.69) is 5.16 Å². The molecule has 1 aromatic heterocycles. The number of carbonyl (C=O) groups excluding carboxylic acids is 2. The Morgan fingerprint density at radius 3 is 2.37 bits per heavy atom. The van der Waals surface area contributed by atoms with E-state index >= 15 is 0 Å². The van der Waals surface area contributed by atoms with Gasteiger partial charge in [-0.1, -0.05) is 28.9 Å². The fraction of sp³-hybridized carbons (Fsp3) is 0.136. The molecule has 1 atom stereocenters. The van der Waals surface area contributed by atoms with Crippen molar-refractivity contribution in [3.05, 3.63) is 82.1 Å². The van der Waals surface area contributed by atoms with E-state index in [9.17, 15) is 14.7 Å². The van der Waals surface area contributed by atoms with E-state index < -0.39 is 17.7 Å². The summed E-state index contributed by atoms with van der Waals surface area (Å²) in [5.74, 6) is -0.652. The largest absolute Gasteiger partial charge is 0.507 e. The lowest BCUT2D eigenvalue weighted by atomic mass is 9.95. The Balaban J connectivity index is 1.91. The molecule has 1 amide bonds. The van der Waals surface area contributed by atoms with Gasteiger partial charge in [0.2, 0.25) is 0 Å². The van der Waals surface area contributed by atoms with Crippen LogP contribution in [0.5, 0.6) is 5.75 Å². The monoisotopic (exact) mass is 424 g/mol. The highest BCUT2D eigenvalue weighted by Gasteiger charge is 2.48. The minimum Gasteiger partial charge on any atom is -0.507 e. The number of aromatic nitrogens is 1. The molecule has 0 bridgehead atoms. The number of hydrogen-bond acceptors (Lipinski definition) is 6. The second-order valence-electron chi connectivity index (χ2n) is 6.74. The first-order valence-corrected chi connectivity index (χ1v) is 9.42. The molecule has 2 aromatic carbocycles. The first-order valence-electron chi connectivity index (χ1n) is 9.05. The van der Waals surface area contributed by atoms with Gasteiger partial charge in [-0.15, -0.1) is 0 Å². The van der Waals surface area contributed by atoms with Gasteiger partial charge in [0.15, 0.2) is 5.82 Å². The number of hydrogen-bond donors (Lipinski definition) is 1. The van der Waals surface area contributed by atoms with Crippen LogP contribution in [0.3, 0.4) is 0 Å². The van der Waals surface area contributed by atoms with Crippen molar-refractivity contribution in [2.45, 2.75) is 13.0 Å². The van der Waals surface area contributed by atoms with Crippen LogP contribution < -0.4 is 9.64 Å². The van der Waals surface area contributed by atoms with Gasteiger partial charge in [0.05, 0.1) is 18.7 Å². The lowest BCUT2D eigenvalue weighted by Crippen LogP contribution is -2.29. The predicted molar refractivity (Wildman–Crippen MR) is 110 cm³/mol. The summed E-state index contributed by atoms with van der Waals surface area (Å²) in [6.07, 6.45) is 0. The molecule has 3 aromatic rings. The summed E-state index contributed by atoms with van der Waals surface area (Å²) in [5.41, 5.74) is 0.923. The molecule has 1 saturated heterocycles. The molecular weight excluding hydrogens is 408 g/mol. The number of carbonyl (C=O) groups is 2. The topological polar surface area (TPSA) is 92.9 Å². The maximum Gasteiger partial charge on any atom is 0.301 e. The van der Waals surface area contributed by atoms with E-state index in [1.807, 2.05) is 0 Å². The number of ether oxygens (including phenoxy) is 1. The molecule has 0 radical (unpaired) electrons. The summed E-state index contributed by atoms with van der Waals surface area (Å²) in [4.78, 5) is 27.1. The zero-order valence-electron chi connectivity index (χ0n) is 16.1. The number of benzene rings is 2. The molecule has 7 nitrogen and oxygen atoms in total. The Hall–Kier alpha value is -3.58. The van der Waals surface area contributed by atoms with Crippen molar-refractivity contribution in [3.8, 4) is 5.75 Å². The van der Waals surface area contributed by atoms with Crippen molar-refractivity contribution in [2.24, 2.45) is 0 Å². The molecule has 8 heteroatoms. The van der Waals surface area contributed by atoms with Crippen molar-refractivity contribution in [1.82, 2.24) is 5.16 Å². The minimum atomic E-state index is -0.895. The second-order valence-corrected chi connectivity index (χ2v) is 7.18. The van der Waals surface area contributed by atoms with E-state index in [1.165, 1.54) is 12.0 Å². The number of amides is 1. The maximum atomic E-state index is 13.0. The summed E-state index contributed by atoms with van der Waals surface area (Å²) >= 11 is 6.01. The van der Waals surface area contributed by atoms with E-state index in [0.29, 0.717) is 27.7 Å². The smallest absolute Gasteiger partial charge is 0.301 e. The number of aryl methyl sites for hydroxylation is 1. The number of aliphatic hydroxyl groups excluding tert-OH is 1. The third kappa shape index (κ3) is 3.33. The number of rotatable bonds is 4. The molecule has 1 aliphatic rings. The van der Waals surface area contributed by atoms with Gasteiger partial charge in [-0.05, 0) is 48.9 Å². The summed E-state index contributed by atoms with van der Waals surface area (Å²) in [7, 11) is 1.53. The van der Waals surface area contributed by atoms with E-state index in [1.54, 1.807) is 61.5 Å². The van der Waals surface area contributed by atoms with Gasteiger partial charge in [0, 0.05) is 16.7 Å². The molecule has 152 valence electrons. The number of methoxy groups -OCH3 is 1. The van der Waals surface area contributed by atoms with Crippen molar-refractivity contribution in [2.75, 3.05) is 12.0 Å². The minimum absolute atomic E-state index is 0.0480. The summed E-state index contributed by atoms with van der Waals surface area (Å²) in [6.45, 7) is 1.68. The molecule has 0 spiro atoms. The van der Waals surface area contributed by atoms with Crippen LogP contribution in [0.2, 0.25) is 5.02 Å². The van der Waals surface area contributed by atoms with Crippen LogP contribution in [-0.4, -0.2) is 29.1 Å². The van der Waals surface area contributed by atoms with Crippen molar-refractivity contribution in [1.29, 1.82) is 0 Å². The summed E-state index contributed by atoms with van der Waals surface area (Å²) in [5, 5.41) is 15.4. The highest BCUT2D eigenvalue weighted by molar-refractivity contribution is 6.51. The maximum absolute atomic E-state index is 13.0. The Labute approximate surface area is 177 Å². The number of ketones is 1. The van der Waals surface area contributed by atoms with Crippen molar-refractivity contribution < 1.29 is 24.0 Å². The van der Waals surface area contributed by atoms with Gasteiger partial charge in [0.25, 0.3) is 5.78 Å². The quantitative estimate of drug-likeness (QED) is 0.382. The van der Waals surface area contributed by atoms with Gasteiger partial charge in [0.1, 0.15) is 17.3 Å². The molecule has 30 heavy (non-hydrogen) atoms. The van der Waals surface area contributed by atoms with Crippen LogP contribution >= 0.6 is 11.6 Å². The lowest BCUT2D eigenvalue weighted by Gasteiger charge is -2.22. The first-order chi connectivity index (χ1) is 14.4. The van der Waals surface area contributed by atoms with Gasteiger partial charge in [-0.3, -0.25) is 14.5 Å². The van der Waals surface area contributed by atoms with Crippen LogP contribution in [0, 0.1) is 6.92 Å². The SMILES string of the molecule is COc1ccc(/C(O)=C2\C(=O)C(=O)N(c3cc(C)on3)[C@@H]2c2ccc(Cl)cc2)cc1. The zero-order chi connectivity index (χ0) is 21.4. The molecule has 0 unspecified atom stereocenters. The van der Waals surface area contributed by atoms with Gasteiger partial charge >= 0.3 is 5.91 Å². The molecular formula is C22H17ClN2O5.